The molecule has 2 heterocycles. The van der Waals surface area contributed by atoms with Gasteiger partial charge in [0.05, 0.1) is 11.7 Å². The lowest BCUT2D eigenvalue weighted by atomic mass is 10.0. The first-order valence-corrected chi connectivity index (χ1v) is 10.4. The van der Waals surface area contributed by atoms with Crippen molar-refractivity contribution in [3.05, 3.63) is 130 Å². The molecule has 1 atom stereocenters. The van der Waals surface area contributed by atoms with Gasteiger partial charge in [-0.3, -0.25) is 14.8 Å². The second kappa shape index (κ2) is 11.4. The number of hydrogen-bond acceptors (Lipinski definition) is 4. The Labute approximate surface area is 191 Å². The summed E-state index contributed by atoms with van der Waals surface area (Å²) in [6.45, 7) is 0. The third kappa shape index (κ3) is 6.46. The molecule has 156 valence electrons. The molecule has 4 rings (SSSR count). The summed E-state index contributed by atoms with van der Waals surface area (Å²) in [5.41, 5.74) is 3.20. The molecule has 0 aliphatic rings. The van der Waals surface area contributed by atoms with E-state index in [1.54, 1.807) is 54.9 Å². The molecule has 0 fully saturated rings. The second-order valence-corrected chi connectivity index (χ2v) is 7.45. The van der Waals surface area contributed by atoms with E-state index in [0.29, 0.717) is 16.3 Å². The fraction of sp³-hybridized carbons (Fsp3) is 0.0800. The van der Waals surface area contributed by atoms with Gasteiger partial charge in [-0.05, 0) is 73.3 Å². The molecule has 2 aromatic carbocycles. The molecule has 31 heavy (non-hydrogen) atoms. The van der Waals surface area contributed by atoms with Gasteiger partial charge in [0.1, 0.15) is 5.69 Å². The van der Waals surface area contributed by atoms with Crippen molar-refractivity contribution in [1.82, 2.24) is 15.3 Å². The van der Waals surface area contributed by atoms with Gasteiger partial charge in [-0.15, -0.1) is 0 Å². The van der Waals surface area contributed by atoms with Gasteiger partial charge in [-0.1, -0.05) is 47.5 Å². The highest BCUT2D eigenvalue weighted by atomic mass is 35.5. The van der Waals surface area contributed by atoms with Gasteiger partial charge in [-0.2, -0.15) is 0 Å². The Bertz CT molecular complexity index is 1090. The third-order valence-electron chi connectivity index (χ3n) is 4.48. The molecule has 0 saturated carbocycles. The number of nitrogens with zero attached hydrogens (tertiary/aromatic N) is 2. The van der Waals surface area contributed by atoms with E-state index in [-0.39, 0.29) is 11.8 Å². The summed E-state index contributed by atoms with van der Waals surface area (Å²) in [4.78, 5) is 20.2. The summed E-state index contributed by atoms with van der Waals surface area (Å²) in [5.74, 6) is -0.0905. The van der Waals surface area contributed by atoms with Crippen LogP contribution in [0.2, 0.25) is 10.0 Å². The summed E-state index contributed by atoms with van der Waals surface area (Å²) >= 11 is 11.6. The van der Waals surface area contributed by atoms with Crippen molar-refractivity contribution in [2.45, 2.75) is 6.04 Å². The quantitative estimate of drug-likeness (QED) is 0.379. The number of rotatable bonds is 5. The maximum absolute atomic E-state index is 11.9. The lowest BCUT2D eigenvalue weighted by Crippen LogP contribution is -2.18. The zero-order valence-corrected chi connectivity index (χ0v) is 18.4. The third-order valence-corrected chi connectivity index (χ3v) is 4.98. The normalized spacial score (nSPS) is 11.2. The van der Waals surface area contributed by atoms with E-state index in [1.807, 2.05) is 49.5 Å². The molecule has 0 aliphatic heterocycles. The molecule has 0 saturated heterocycles. The van der Waals surface area contributed by atoms with Crippen LogP contribution in [0.4, 0.5) is 0 Å². The number of carbonyl (C=O) groups is 1. The van der Waals surface area contributed by atoms with Crippen molar-refractivity contribution in [3.63, 3.8) is 0 Å². The van der Waals surface area contributed by atoms with Crippen LogP contribution in [-0.4, -0.2) is 22.8 Å². The Balaban J connectivity index is 0.000000176. The zero-order chi connectivity index (χ0) is 22.1. The van der Waals surface area contributed by atoms with Gasteiger partial charge in [0.2, 0.25) is 5.78 Å². The average molecular weight is 450 g/mol. The Hall–Kier alpha value is -3.05. The molecule has 4 aromatic rings. The SMILES string of the molecule is CNC(c1ccc(Cl)cc1)c1ccccn1.O=C(c1ccc(Cl)cc1)c1ccccn1. The molecule has 2 aromatic heterocycles. The number of pyridine rings is 2. The number of halogens is 2. The van der Waals surface area contributed by atoms with E-state index >= 15 is 0 Å². The van der Waals surface area contributed by atoms with E-state index in [4.69, 9.17) is 23.2 Å². The maximum atomic E-state index is 11.9. The lowest BCUT2D eigenvalue weighted by molar-refractivity contribution is 0.103. The molecule has 1 unspecified atom stereocenters. The summed E-state index contributed by atoms with van der Waals surface area (Å²) in [6.07, 6.45) is 3.40. The summed E-state index contributed by atoms with van der Waals surface area (Å²) < 4.78 is 0. The average Bonchev–Trinajstić information content (AvgIpc) is 2.82. The Morgan fingerprint density at radius 1 is 0.774 bits per heavy atom. The molecule has 0 aliphatic carbocycles. The van der Waals surface area contributed by atoms with Crippen LogP contribution >= 0.6 is 23.2 Å². The molecule has 0 bridgehead atoms. The van der Waals surface area contributed by atoms with E-state index in [0.717, 1.165) is 16.3 Å². The van der Waals surface area contributed by atoms with Gasteiger partial charge in [0, 0.05) is 28.0 Å². The van der Waals surface area contributed by atoms with Crippen LogP contribution in [0.25, 0.3) is 0 Å². The monoisotopic (exact) mass is 449 g/mol. The number of benzene rings is 2. The largest absolute Gasteiger partial charge is 0.308 e. The van der Waals surface area contributed by atoms with Gasteiger partial charge in [-0.25, -0.2) is 0 Å². The minimum atomic E-state index is -0.0905. The minimum absolute atomic E-state index is 0.0905. The second-order valence-electron chi connectivity index (χ2n) is 6.58. The molecule has 6 heteroatoms. The molecule has 1 N–H and O–H groups in total. The van der Waals surface area contributed by atoms with Gasteiger partial charge in [0.15, 0.2) is 0 Å². The predicted molar refractivity (Wildman–Crippen MR) is 126 cm³/mol. The van der Waals surface area contributed by atoms with Crippen LogP contribution in [0.5, 0.6) is 0 Å². The van der Waals surface area contributed by atoms with Crippen LogP contribution in [0.3, 0.4) is 0 Å². The molecule has 0 amide bonds. The van der Waals surface area contributed by atoms with E-state index in [2.05, 4.69) is 15.3 Å². The van der Waals surface area contributed by atoms with Crippen molar-refractivity contribution in [2.24, 2.45) is 0 Å². The van der Waals surface area contributed by atoms with Crippen molar-refractivity contribution in [2.75, 3.05) is 7.05 Å². The van der Waals surface area contributed by atoms with Crippen molar-refractivity contribution in [1.29, 1.82) is 0 Å². The highest BCUT2D eigenvalue weighted by Gasteiger charge is 2.12. The van der Waals surface area contributed by atoms with E-state index in [9.17, 15) is 4.79 Å². The number of nitrogens with one attached hydrogen (secondary N) is 1. The highest BCUT2D eigenvalue weighted by molar-refractivity contribution is 6.31. The van der Waals surface area contributed by atoms with Crippen LogP contribution < -0.4 is 5.32 Å². The maximum Gasteiger partial charge on any atom is 0.211 e. The first-order valence-electron chi connectivity index (χ1n) is 9.63. The smallest absolute Gasteiger partial charge is 0.211 e. The summed E-state index contributed by atoms with van der Waals surface area (Å²) in [7, 11) is 1.92. The number of carbonyl (C=O) groups excluding carboxylic acids is 1. The molecule has 0 spiro atoms. The first kappa shape index (κ1) is 22.6. The standard InChI is InChI=1S/C13H13ClN2.C12H8ClNO/c1-15-13(12-4-2-3-9-16-12)10-5-7-11(14)8-6-10;13-10-6-4-9(5-7-10)12(15)11-3-1-2-8-14-11/h2-9,13,15H,1H3;1-8H. The molecular weight excluding hydrogens is 429 g/mol. The van der Waals surface area contributed by atoms with Gasteiger partial charge >= 0.3 is 0 Å². The van der Waals surface area contributed by atoms with Crippen LogP contribution in [0.15, 0.2) is 97.3 Å². The topological polar surface area (TPSA) is 54.9 Å². The Morgan fingerprint density at radius 2 is 1.35 bits per heavy atom. The van der Waals surface area contributed by atoms with Crippen molar-refractivity contribution < 1.29 is 4.79 Å². The Morgan fingerprint density at radius 3 is 1.87 bits per heavy atom. The predicted octanol–water partition coefficient (Wildman–Crippen LogP) is 6.01. The molecule has 0 radical (unpaired) electrons. The van der Waals surface area contributed by atoms with Crippen molar-refractivity contribution in [3.8, 4) is 0 Å². The summed E-state index contributed by atoms with van der Waals surface area (Å²) in [5, 5.41) is 4.62. The van der Waals surface area contributed by atoms with Gasteiger partial charge in [0.25, 0.3) is 0 Å². The van der Waals surface area contributed by atoms with E-state index < -0.39 is 0 Å². The first-order chi connectivity index (χ1) is 15.1. The Kier molecular flexibility index (Phi) is 8.30. The van der Waals surface area contributed by atoms with Crippen LogP contribution in [0, 0.1) is 0 Å². The number of ketones is 1. The molecule has 4 nitrogen and oxygen atoms in total. The fourth-order valence-corrected chi connectivity index (χ4v) is 3.19. The minimum Gasteiger partial charge on any atom is -0.308 e. The van der Waals surface area contributed by atoms with E-state index in [1.165, 1.54) is 0 Å². The number of aromatic nitrogens is 2. The number of hydrogen-bond donors (Lipinski definition) is 1. The summed E-state index contributed by atoms with van der Waals surface area (Å²) in [6, 6.07) is 25.9. The lowest BCUT2D eigenvalue weighted by Gasteiger charge is -2.15. The molecular formula is C25H21Cl2N3O. The van der Waals surface area contributed by atoms with Crippen LogP contribution in [-0.2, 0) is 0 Å². The zero-order valence-electron chi connectivity index (χ0n) is 16.9. The van der Waals surface area contributed by atoms with Gasteiger partial charge < -0.3 is 5.32 Å². The van der Waals surface area contributed by atoms with Crippen molar-refractivity contribution >= 4 is 29.0 Å². The fourth-order valence-electron chi connectivity index (χ4n) is 2.93. The highest BCUT2D eigenvalue weighted by Crippen LogP contribution is 2.21. The van der Waals surface area contributed by atoms with Crippen LogP contribution in [0.1, 0.15) is 33.4 Å².